The molecule has 0 bridgehead atoms. The summed E-state index contributed by atoms with van der Waals surface area (Å²) in [5.74, 6) is 3.80. The molecule has 0 spiro atoms. The molecule has 37 heavy (non-hydrogen) atoms. The first-order chi connectivity index (χ1) is 17.6. The van der Waals surface area contributed by atoms with Crippen LogP contribution in [-0.4, -0.2) is 19.9 Å². The van der Waals surface area contributed by atoms with Crippen molar-refractivity contribution in [2.45, 2.75) is 116 Å². The smallest absolute Gasteiger partial charge is 0.164 e. The summed E-state index contributed by atoms with van der Waals surface area (Å²) in [5.41, 5.74) is 6.46. The molecular formula is C33H42N4. The molecule has 0 amide bonds. The van der Waals surface area contributed by atoms with Crippen LogP contribution >= 0.6 is 0 Å². The molecule has 0 N–H and O–H groups in total. The third-order valence-electron chi connectivity index (χ3n) is 10.9. The molecule has 2 heterocycles. The number of benzene rings is 1. The first-order valence-electron chi connectivity index (χ1n) is 14.5. The molecule has 2 fully saturated rings. The lowest BCUT2D eigenvalue weighted by atomic mass is 9.59. The highest BCUT2D eigenvalue weighted by atomic mass is 15.0. The Labute approximate surface area is 222 Å². The van der Waals surface area contributed by atoms with Crippen molar-refractivity contribution in [3.8, 4) is 22.6 Å². The quantitative estimate of drug-likeness (QED) is 0.365. The van der Waals surface area contributed by atoms with Crippen LogP contribution < -0.4 is 0 Å². The number of rotatable bonds is 4. The molecular weight excluding hydrogens is 452 g/mol. The van der Waals surface area contributed by atoms with Crippen LogP contribution in [0.2, 0.25) is 0 Å². The van der Waals surface area contributed by atoms with E-state index in [2.05, 4.69) is 71.9 Å². The molecule has 194 valence electrons. The Bertz CT molecular complexity index is 1270. The van der Waals surface area contributed by atoms with Crippen LogP contribution in [0.25, 0.3) is 22.6 Å². The normalized spacial score (nSPS) is 22.4. The van der Waals surface area contributed by atoms with Gasteiger partial charge in [-0.15, -0.1) is 0 Å². The fourth-order valence-electron chi connectivity index (χ4n) is 7.19. The minimum atomic E-state index is 0.0833. The molecule has 3 aliphatic rings. The number of aromatic nitrogens is 4. The second-order valence-corrected chi connectivity index (χ2v) is 13.4. The third-order valence-corrected chi connectivity index (χ3v) is 10.9. The first-order valence-corrected chi connectivity index (χ1v) is 14.5. The minimum Gasteiger partial charge on any atom is -0.255 e. The van der Waals surface area contributed by atoms with E-state index in [1.807, 2.05) is 6.20 Å². The van der Waals surface area contributed by atoms with Crippen molar-refractivity contribution in [3.05, 3.63) is 59.3 Å². The van der Waals surface area contributed by atoms with Gasteiger partial charge in [-0.1, -0.05) is 79.4 Å². The van der Waals surface area contributed by atoms with Gasteiger partial charge in [0, 0.05) is 29.2 Å². The van der Waals surface area contributed by atoms with Crippen LogP contribution in [0.15, 0.2) is 36.5 Å². The monoisotopic (exact) mass is 494 g/mol. The van der Waals surface area contributed by atoms with Gasteiger partial charge in [0.2, 0.25) is 0 Å². The molecule has 3 aliphatic carbocycles. The van der Waals surface area contributed by atoms with Gasteiger partial charge in [0.25, 0.3) is 0 Å². The Morgan fingerprint density at radius 2 is 1.16 bits per heavy atom. The molecule has 0 unspecified atom stereocenters. The summed E-state index contributed by atoms with van der Waals surface area (Å²) in [7, 11) is 0. The molecule has 2 saturated carbocycles. The second-order valence-electron chi connectivity index (χ2n) is 13.4. The van der Waals surface area contributed by atoms with Crippen LogP contribution in [-0.2, 0) is 10.8 Å². The molecule has 0 aliphatic heterocycles. The average molecular weight is 495 g/mol. The van der Waals surface area contributed by atoms with Crippen molar-refractivity contribution in [1.29, 1.82) is 0 Å². The van der Waals surface area contributed by atoms with Gasteiger partial charge in [0.1, 0.15) is 11.6 Å². The van der Waals surface area contributed by atoms with Crippen molar-refractivity contribution in [2.24, 2.45) is 5.41 Å². The molecule has 4 nitrogen and oxygen atoms in total. The van der Waals surface area contributed by atoms with E-state index >= 15 is 0 Å². The fourth-order valence-corrected chi connectivity index (χ4v) is 7.19. The van der Waals surface area contributed by atoms with Crippen molar-refractivity contribution in [2.75, 3.05) is 0 Å². The predicted octanol–water partition coefficient (Wildman–Crippen LogP) is 8.51. The lowest BCUT2D eigenvalue weighted by molar-refractivity contribution is 0.125. The number of pyridine rings is 1. The molecule has 0 atom stereocenters. The molecule has 0 radical (unpaired) electrons. The lowest BCUT2D eigenvalue weighted by Crippen LogP contribution is -2.42. The van der Waals surface area contributed by atoms with Gasteiger partial charge in [-0.25, -0.2) is 15.0 Å². The maximum Gasteiger partial charge on any atom is 0.164 e. The van der Waals surface area contributed by atoms with Gasteiger partial charge in [-0.3, -0.25) is 4.98 Å². The molecule has 0 saturated heterocycles. The predicted molar refractivity (Wildman–Crippen MR) is 151 cm³/mol. The summed E-state index contributed by atoms with van der Waals surface area (Å²) in [6.07, 6.45) is 11.9. The zero-order chi connectivity index (χ0) is 26.0. The topological polar surface area (TPSA) is 51.6 Å². The second kappa shape index (κ2) is 8.71. The lowest BCUT2D eigenvalue weighted by Gasteiger charge is -2.44. The summed E-state index contributed by atoms with van der Waals surface area (Å²) in [5, 5.41) is 0. The number of nitrogens with zero attached hydrogens (tertiary/aromatic N) is 4. The maximum atomic E-state index is 5.02. The zero-order valence-electron chi connectivity index (χ0n) is 23.6. The number of fused-ring (bicyclic) bond motifs is 1. The molecule has 2 aromatic heterocycles. The number of hydrogen-bond acceptors (Lipinski definition) is 4. The Kier molecular flexibility index (Phi) is 5.82. The van der Waals surface area contributed by atoms with E-state index in [1.165, 1.54) is 68.1 Å². The average Bonchev–Trinajstić information content (AvgIpc) is 3.64. The van der Waals surface area contributed by atoms with Crippen molar-refractivity contribution >= 4 is 0 Å². The van der Waals surface area contributed by atoms with Crippen LogP contribution in [0, 0.1) is 5.41 Å². The highest BCUT2D eigenvalue weighted by Gasteiger charge is 2.56. The SMILES string of the molecule is CC1(C)c2ccc(-c3ccc(-c4nc(C5CCCC5)nc(C5CCCC5)n4)cn3)cc2C(C)(C)C1(C)C. The van der Waals surface area contributed by atoms with E-state index in [0.29, 0.717) is 11.8 Å². The summed E-state index contributed by atoms with van der Waals surface area (Å²) < 4.78 is 0. The Hall–Kier alpha value is -2.62. The van der Waals surface area contributed by atoms with Crippen LogP contribution in [0.3, 0.4) is 0 Å². The van der Waals surface area contributed by atoms with Crippen LogP contribution in [0.4, 0.5) is 0 Å². The molecule has 6 rings (SSSR count). The summed E-state index contributed by atoms with van der Waals surface area (Å²) >= 11 is 0. The van der Waals surface area contributed by atoms with Gasteiger partial charge in [0.05, 0.1) is 5.69 Å². The minimum absolute atomic E-state index is 0.0833. The van der Waals surface area contributed by atoms with Crippen molar-refractivity contribution < 1.29 is 0 Å². The van der Waals surface area contributed by atoms with Gasteiger partial charge in [-0.2, -0.15) is 0 Å². The highest BCUT2D eigenvalue weighted by Crippen LogP contribution is 2.61. The van der Waals surface area contributed by atoms with Crippen molar-refractivity contribution in [3.63, 3.8) is 0 Å². The first kappa shape index (κ1) is 24.7. The number of hydrogen-bond donors (Lipinski definition) is 0. The van der Waals surface area contributed by atoms with E-state index in [4.69, 9.17) is 19.9 Å². The largest absolute Gasteiger partial charge is 0.255 e. The van der Waals surface area contributed by atoms with Crippen LogP contribution in [0.5, 0.6) is 0 Å². The standard InChI is InChI=1S/C33H42N4/c1-31(2)25-17-15-23(19-26(25)32(3,4)33(31,5)6)27-18-16-24(20-34-27)30-36-28(21-11-7-8-12-21)35-29(37-30)22-13-9-10-14-22/h15-22H,7-14H2,1-6H3. The van der Waals surface area contributed by atoms with Crippen LogP contribution in [0.1, 0.15) is 128 Å². The van der Waals surface area contributed by atoms with Crippen molar-refractivity contribution in [1.82, 2.24) is 19.9 Å². The summed E-state index contributed by atoms with van der Waals surface area (Å²) in [6.45, 7) is 14.4. The molecule has 1 aromatic carbocycles. The zero-order valence-corrected chi connectivity index (χ0v) is 23.6. The Morgan fingerprint density at radius 1 is 0.622 bits per heavy atom. The van der Waals surface area contributed by atoms with E-state index < -0.39 is 0 Å². The van der Waals surface area contributed by atoms with E-state index in [-0.39, 0.29) is 16.2 Å². The summed E-state index contributed by atoms with van der Waals surface area (Å²) in [6, 6.07) is 11.3. The third kappa shape index (κ3) is 3.85. The Morgan fingerprint density at radius 3 is 1.70 bits per heavy atom. The molecule has 4 heteroatoms. The van der Waals surface area contributed by atoms with Gasteiger partial charge >= 0.3 is 0 Å². The maximum absolute atomic E-state index is 5.02. The van der Waals surface area contributed by atoms with E-state index in [9.17, 15) is 0 Å². The highest BCUT2D eigenvalue weighted by molar-refractivity contribution is 5.66. The van der Waals surface area contributed by atoms with Gasteiger partial charge in [0.15, 0.2) is 5.82 Å². The summed E-state index contributed by atoms with van der Waals surface area (Å²) in [4.78, 5) is 19.9. The van der Waals surface area contributed by atoms with E-state index in [1.54, 1.807) is 0 Å². The fraction of sp³-hybridized carbons (Fsp3) is 0.576. The Balaban J connectivity index is 1.35. The van der Waals surface area contributed by atoms with Gasteiger partial charge < -0.3 is 0 Å². The molecule has 3 aromatic rings. The van der Waals surface area contributed by atoms with Gasteiger partial charge in [-0.05, 0) is 71.3 Å². The van der Waals surface area contributed by atoms with E-state index in [0.717, 1.165) is 28.7 Å².